The van der Waals surface area contributed by atoms with Crippen LogP contribution in [0.3, 0.4) is 0 Å². The van der Waals surface area contributed by atoms with Gasteiger partial charge in [-0.05, 0) is 24.3 Å². The first-order valence-corrected chi connectivity index (χ1v) is 7.81. The molecule has 5 nitrogen and oxygen atoms in total. The van der Waals surface area contributed by atoms with E-state index < -0.39 is 11.5 Å². The van der Waals surface area contributed by atoms with Gasteiger partial charge in [-0.25, -0.2) is 0 Å². The maximum absolute atomic E-state index is 12.9. The van der Waals surface area contributed by atoms with Crippen LogP contribution in [0.4, 0.5) is 5.69 Å². The molecule has 0 bridgehead atoms. The van der Waals surface area contributed by atoms with Gasteiger partial charge in [-0.2, -0.15) is 0 Å². The van der Waals surface area contributed by atoms with Crippen molar-refractivity contribution in [3.63, 3.8) is 0 Å². The monoisotopic (exact) mass is 342 g/mol. The second-order valence-corrected chi connectivity index (χ2v) is 6.23. The van der Waals surface area contributed by atoms with Crippen LogP contribution < -0.4 is 9.64 Å². The third-order valence-electron chi connectivity index (χ3n) is 4.60. The van der Waals surface area contributed by atoms with Crippen molar-refractivity contribution < 1.29 is 14.6 Å². The lowest BCUT2D eigenvalue weighted by atomic mass is 9.87. The number of halogens is 1. The molecule has 0 fully saturated rings. The number of methoxy groups -OCH3 is 1. The number of hydrogen-bond acceptors (Lipinski definition) is 3. The van der Waals surface area contributed by atoms with Crippen LogP contribution in [0.2, 0.25) is 5.02 Å². The summed E-state index contributed by atoms with van der Waals surface area (Å²) >= 11 is 6.25. The first-order chi connectivity index (χ1) is 11.5. The molecule has 0 saturated carbocycles. The number of nitrogens with zero attached hydrogens (tertiary/aromatic N) is 1. The molecule has 4 rings (SSSR count). The zero-order valence-corrected chi connectivity index (χ0v) is 13.9. The van der Waals surface area contributed by atoms with Gasteiger partial charge in [0.1, 0.15) is 5.75 Å². The number of carbonyl (C=O) groups excluding carboxylic acids is 1. The first kappa shape index (κ1) is 15.1. The molecule has 2 heterocycles. The number of likely N-dealkylation sites (N-methyl/N-ethyl adjacent to an activating group) is 1. The molecular weight excluding hydrogens is 328 g/mol. The van der Waals surface area contributed by atoms with Crippen molar-refractivity contribution in [1.82, 2.24) is 4.98 Å². The highest BCUT2D eigenvalue weighted by molar-refractivity contribution is 6.35. The van der Waals surface area contributed by atoms with Crippen LogP contribution >= 0.6 is 11.6 Å². The maximum atomic E-state index is 12.9. The van der Waals surface area contributed by atoms with Crippen LogP contribution in [-0.2, 0) is 10.4 Å². The van der Waals surface area contributed by atoms with Crippen molar-refractivity contribution in [2.24, 2.45) is 0 Å². The summed E-state index contributed by atoms with van der Waals surface area (Å²) in [5, 5.41) is 12.6. The Bertz CT molecular complexity index is 982. The Morgan fingerprint density at radius 2 is 2.04 bits per heavy atom. The number of carbonyl (C=O) groups is 1. The number of amides is 1. The van der Waals surface area contributed by atoms with Gasteiger partial charge < -0.3 is 19.7 Å². The number of aliphatic hydroxyl groups is 1. The van der Waals surface area contributed by atoms with Gasteiger partial charge in [-0.15, -0.1) is 0 Å². The van der Waals surface area contributed by atoms with Crippen molar-refractivity contribution in [2.45, 2.75) is 5.60 Å². The number of hydrogen-bond donors (Lipinski definition) is 2. The van der Waals surface area contributed by atoms with Gasteiger partial charge in [0.05, 0.1) is 17.8 Å². The molecule has 2 aromatic carbocycles. The van der Waals surface area contributed by atoms with E-state index in [1.807, 2.05) is 12.1 Å². The SMILES string of the molecule is COc1ccc2[nH]cc(C3(O)C(=O)N(C)c4c(Cl)cccc43)c2c1. The Morgan fingerprint density at radius 3 is 2.79 bits per heavy atom. The molecule has 0 saturated heterocycles. The number of anilines is 1. The van der Waals surface area contributed by atoms with E-state index in [-0.39, 0.29) is 0 Å². The maximum Gasteiger partial charge on any atom is 0.268 e. The van der Waals surface area contributed by atoms with E-state index in [4.69, 9.17) is 16.3 Å². The topological polar surface area (TPSA) is 65.6 Å². The summed E-state index contributed by atoms with van der Waals surface area (Å²) in [6.45, 7) is 0. The molecule has 1 aliphatic rings. The number of H-pyrrole nitrogens is 1. The normalized spacial score (nSPS) is 19.8. The molecule has 1 unspecified atom stereocenters. The van der Waals surface area contributed by atoms with Crippen molar-refractivity contribution in [1.29, 1.82) is 0 Å². The Labute approximate surface area is 143 Å². The fourth-order valence-electron chi connectivity index (χ4n) is 3.39. The molecule has 1 aliphatic heterocycles. The van der Waals surface area contributed by atoms with Crippen LogP contribution in [0.25, 0.3) is 10.9 Å². The number of nitrogens with one attached hydrogen (secondary N) is 1. The number of ether oxygens (including phenoxy) is 1. The fraction of sp³-hybridized carbons (Fsp3) is 0.167. The minimum absolute atomic E-state index is 0.427. The smallest absolute Gasteiger partial charge is 0.268 e. The highest BCUT2D eigenvalue weighted by Gasteiger charge is 2.51. The van der Waals surface area contributed by atoms with E-state index in [9.17, 15) is 9.90 Å². The van der Waals surface area contributed by atoms with Crippen LogP contribution in [0.15, 0.2) is 42.6 Å². The minimum atomic E-state index is -1.79. The van der Waals surface area contributed by atoms with Gasteiger partial charge in [-0.3, -0.25) is 4.79 Å². The van der Waals surface area contributed by atoms with E-state index in [1.54, 1.807) is 44.6 Å². The average molecular weight is 343 g/mol. The molecule has 0 aliphatic carbocycles. The highest BCUT2D eigenvalue weighted by Crippen LogP contribution is 2.48. The van der Waals surface area contributed by atoms with Gasteiger partial charge in [0.15, 0.2) is 5.60 Å². The number of fused-ring (bicyclic) bond motifs is 2. The standard InChI is InChI=1S/C18H15ClN2O3/c1-21-16-12(4-3-5-14(16)19)18(23,17(21)22)13-9-20-15-7-6-10(24-2)8-11(13)15/h3-9,20,23H,1-2H3. The van der Waals surface area contributed by atoms with E-state index in [2.05, 4.69) is 4.98 Å². The first-order valence-electron chi connectivity index (χ1n) is 7.43. The van der Waals surface area contributed by atoms with E-state index in [1.165, 1.54) is 4.90 Å². The van der Waals surface area contributed by atoms with Gasteiger partial charge in [0.25, 0.3) is 5.91 Å². The summed E-state index contributed by atoms with van der Waals surface area (Å²) in [5.41, 5.74) is 0.508. The summed E-state index contributed by atoms with van der Waals surface area (Å²) in [7, 11) is 3.19. The Kier molecular flexibility index (Phi) is 3.13. The number of aromatic amines is 1. The molecule has 1 aromatic heterocycles. The van der Waals surface area contributed by atoms with Gasteiger partial charge in [0.2, 0.25) is 0 Å². The zero-order valence-electron chi connectivity index (χ0n) is 13.1. The zero-order chi connectivity index (χ0) is 17.1. The van der Waals surface area contributed by atoms with Gasteiger partial charge in [0, 0.05) is 35.3 Å². The second kappa shape index (κ2) is 5.00. The van der Waals surface area contributed by atoms with Crippen LogP contribution in [0.1, 0.15) is 11.1 Å². The van der Waals surface area contributed by atoms with E-state index in [0.29, 0.717) is 27.6 Å². The van der Waals surface area contributed by atoms with Crippen LogP contribution in [0.5, 0.6) is 5.75 Å². The second-order valence-electron chi connectivity index (χ2n) is 5.82. The molecule has 0 radical (unpaired) electrons. The molecular formula is C18H15ClN2O3. The molecule has 6 heteroatoms. The number of rotatable bonds is 2. The fourth-order valence-corrected chi connectivity index (χ4v) is 3.70. The molecule has 3 aromatic rings. The van der Waals surface area contributed by atoms with Crippen molar-refractivity contribution >= 4 is 34.1 Å². The molecule has 122 valence electrons. The lowest BCUT2D eigenvalue weighted by molar-refractivity contribution is -0.131. The van der Waals surface area contributed by atoms with Gasteiger partial charge in [-0.1, -0.05) is 23.7 Å². The summed E-state index contributed by atoms with van der Waals surface area (Å²) in [4.78, 5) is 17.4. The number of para-hydroxylation sites is 1. The highest BCUT2D eigenvalue weighted by atomic mass is 35.5. The predicted molar refractivity (Wildman–Crippen MR) is 92.7 cm³/mol. The summed E-state index contributed by atoms with van der Waals surface area (Å²) in [6.07, 6.45) is 1.66. The third-order valence-corrected chi connectivity index (χ3v) is 4.91. The average Bonchev–Trinajstić information content (AvgIpc) is 3.10. The molecule has 2 N–H and O–H groups in total. The lowest BCUT2D eigenvalue weighted by Gasteiger charge is -2.21. The van der Waals surface area contributed by atoms with Crippen molar-refractivity contribution in [2.75, 3.05) is 19.1 Å². The summed E-state index contributed by atoms with van der Waals surface area (Å²) in [6, 6.07) is 10.6. The quantitative estimate of drug-likeness (QED) is 0.752. The third kappa shape index (κ3) is 1.76. The van der Waals surface area contributed by atoms with Gasteiger partial charge >= 0.3 is 0 Å². The van der Waals surface area contributed by atoms with E-state index in [0.717, 1.165) is 10.9 Å². The van der Waals surface area contributed by atoms with Crippen molar-refractivity contribution in [3.05, 3.63) is 58.7 Å². The van der Waals surface area contributed by atoms with Crippen LogP contribution in [-0.4, -0.2) is 30.2 Å². The van der Waals surface area contributed by atoms with E-state index >= 15 is 0 Å². The summed E-state index contributed by atoms with van der Waals surface area (Å²) < 4.78 is 5.27. The predicted octanol–water partition coefficient (Wildman–Crippen LogP) is 3.04. The Balaban J connectivity index is 2.03. The number of benzene rings is 2. The molecule has 24 heavy (non-hydrogen) atoms. The minimum Gasteiger partial charge on any atom is -0.497 e. The van der Waals surface area contributed by atoms with Crippen molar-refractivity contribution in [3.8, 4) is 5.75 Å². The Hall–Kier alpha value is -2.50. The molecule has 1 atom stereocenters. The lowest BCUT2D eigenvalue weighted by Crippen LogP contribution is -2.39. The largest absolute Gasteiger partial charge is 0.497 e. The Morgan fingerprint density at radius 1 is 1.25 bits per heavy atom. The van der Waals surface area contributed by atoms with Crippen LogP contribution in [0, 0.1) is 0 Å². The molecule has 1 amide bonds. The molecule has 0 spiro atoms. The summed E-state index contributed by atoms with van der Waals surface area (Å²) in [5.74, 6) is 0.214. The number of aromatic nitrogens is 1.